The monoisotopic (exact) mass is 337 g/mol. The van der Waals surface area contributed by atoms with Crippen LogP contribution in [0.4, 0.5) is 5.69 Å². The van der Waals surface area contributed by atoms with E-state index in [1.54, 1.807) is 25.1 Å². The smallest absolute Gasteiger partial charge is 0.310 e. The molecule has 0 aliphatic heterocycles. The lowest BCUT2D eigenvalue weighted by Gasteiger charge is -2.08. The molecule has 0 saturated carbocycles. The Kier molecular flexibility index (Phi) is 4.65. The summed E-state index contributed by atoms with van der Waals surface area (Å²) in [6, 6.07) is 13.5. The van der Waals surface area contributed by atoms with Crippen molar-refractivity contribution >= 4 is 22.7 Å². The molecule has 0 bridgehead atoms. The van der Waals surface area contributed by atoms with Crippen LogP contribution >= 0.6 is 0 Å². The Morgan fingerprint density at radius 1 is 1.08 bits per heavy atom. The molecule has 1 aromatic heterocycles. The average molecular weight is 337 g/mol. The van der Waals surface area contributed by atoms with E-state index in [4.69, 9.17) is 4.74 Å². The molecular formula is C18H15N3O4. The van der Waals surface area contributed by atoms with Gasteiger partial charge in [0.25, 0.3) is 5.69 Å². The van der Waals surface area contributed by atoms with Gasteiger partial charge in [-0.3, -0.25) is 14.9 Å². The van der Waals surface area contributed by atoms with Crippen LogP contribution in [-0.2, 0) is 22.6 Å². The number of nitrogens with zero attached hydrogens (tertiary/aromatic N) is 3. The van der Waals surface area contributed by atoms with E-state index < -0.39 is 10.9 Å². The highest BCUT2D eigenvalue weighted by Gasteiger charge is 2.17. The minimum atomic E-state index is -0.552. The molecule has 0 radical (unpaired) electrons. The molecule has 0 aliphatic carbocycles. The van der Waals surface area contributed by atoms with E-state index in [0.717, 1.165) is 11.0 Å². The normalized spacial score (nSPS) is 10.6. The maximum atomic E-state index is 12.0. The maximum Gasteiger partial charge on any atom is 0.310 e. The first kappa shape index (κ1) is 16.5. The van der Waals surface area contributed by atoms with Crippen LogP contribution in [0.5, 0.6) is 0 Å². The second-order valence-corrected chi connectivity index (χ2v) is 5.47. The summed E-state index contributed by atoms with van der Waals surface area (Å²) < 4.78 is 5.23. The number of benzene rings is 2. The van der Waals surface area contributed by atoms with Gasteiger partial charge in [0.05, 0.1) is 33.8 Å². The van der Waals surface area contributed by atoms with Crippen LogP contribution in [0.1, 0.15) is 17.0 Å². The predicted octanol–water partition coefficient (Wildman–Crippen LogP) is 3.13. The molecule has 3 rings (SSSR count). The Morgan fingerprint density at radius 2 is 1.72 bits per heavy atom. The summed E-state index contributed by atoms with van der Waals surface area (Å²) >= 11 is 0. The Balaban J connectivity index is 1.71. The number of ether oxygens (including phenoxy) is 1. The standard InChI is InChI=1S/C18H15N3O4/c1-12-16(20-15-8-4-3-7-14(15)19-12)11-25-18(22)10-13-6-2-5-9-17(13)21(23)24/h2-9H,10-11H2,1H3. The number of aryl methyl sites for hydroxylation is 1. The molecule has 25 heavy (non-hydrogen) atoms. The van der Waals surface area contributed by atoms with Gasteiger partial charge in [0.1, 0.15) is 6.61 Å². The van der Waals surface area contributed by atoms with Gasteiger partial charge in [0.15, 0.2) is 0 Å². The fourth-order valence-corrected chi connectivity index (χ4v) is 2.46. The topological polar surface area (TPSA) is 95.2 Å². The van der Waals surface area contributed by atoms with Gasteiger partial charge >= 0.3 is 5.97 Å². The van der Waals surface area contributed by atoms with Crippen molar-refractivity contribution in [2.75, 3.05) is 0 Å². The molecule has 2 aromatic carbocycles. The van der Waals surface area contributed by atoms with Crippen molar-refractivity contribution in [3.05, 3.63) is 75.6 Å². The third kappa shape index (κ3) is 3.77. The maximum absolute atomic E-state index is 12.0. The highest BCUT2D eigenvalue weighted by molar-refractivity contribution is 5.75. The molecule has 0 spiro atoms. The number of carbonyl (C=O) groups excluding carboxylic acids is 1. The van der Waals surface area contributed by atoms with Crippen molar-refractivity contribution in [2.45, 2.75) is 20.0 Å². The second kappa shape index (κ2) is 7.04. The summed E-state index contributed by atoms with van der Waals surface area (Å²) in [7, 11) is 0. The third-order valence-electron chi connectivity index (χ3n) is 3.74. The summed E-state index contributed by atoms with van der Waals surface area (Å²) in [5.41, 5.74) is 2.96. The summed E-state index contributed by atoms with van der Waals surface area (Å²) in [6.45, 7) is 1.77. The molecule has 0 aliphatic rings. The van der Waals surface area contributed by atoms with Crippen LogP contribution in [0.2, 0.25) is 0 Å². The highest BCUT2D eigenvalue weighted by atomic mass is 16.6. The van der Waals surface area contributed by atoms with E-state index in [1.165, 1.54) is 6.07 Å². The van der Waals surface area contributed by atoms with Gasteiger partial charge in [0.2, 0.25) is 0 Å². The number of rotatable bonds is 5. The van der Waals surface area contributed by atoms with Gasteiger partial charge in [0, 0.05) is 11.6 Å². The van der Waals surface area contributed by atoms with Crippen molar-refractivity contribution in [2.24, 2.45) is 0 Å². The highest BCUT2D eigenvalue weighted by Crippen LogP contribution is 2.19. The van der Waals surface area contributed by atoms with Gasteiger partial charge < -0.3 is 4.74 Å². The van der Waals surface area contributed by atoms with Gasteiger partial charge in [-0.1, -0.05) is 30.3 Å². The van der Waals surface area contributed by atoms with Crippen LogP contribution in [0.3, 0.4) is 0 Å². The number of nitro groups is 1. The first-order chi connectivity index (χ1) is 12.0. The molecule has 126 valence electrons. The minimum absolute atomic E-state index is 0.0247. The van der Waals surface area contributed by atoms with E-state index in [0.29, 0.717) is 17.0 Å². The summed E-state index contributed by atoms with van der Waals surface area (Å²) in [4.78, 5) is 31.4. The van der Waals surface area contributed by atoms with E-state index >= 15 is 0 Å². The lowest BCUT2D eigenvalue weighted by molar-refractivity contribution is -0.385. The number of esters is 1. The first-order valence-corrected chi connectivity index (χ1v) is 7.65. The van der Waals surface area contributed by atoms with E-state index in [9.17, 15) is 14.9 Å². The second-order valence-electron chi connectivity index (χ2n) is 5.47. The minimum Gasteiger partial charge on any atom is -0.459 e. The molecule has 7 heteroatoms. The molecular weight excluding hydrogens is 322 g/mol. The number of aromatic nitrogens is 2. The van der Waals surface area contributed by atoms with E-state index in [-0.39, 0.29) is 18.7 Å². The molecule has 0 fully saturated rings. The largest absolute Gasteiger partial charge is 0.459 e. The number of hydrogen-bond donors (Lipinski definition) is 0. The predicted molar refractivity (Wildman–Crippen MR) is 90.9 cm³/mol. The lowest BCUT2D eigenvalue weighted by Crippen LogP contribution is -2.11. The summed E-state index contributed by atoms with van der Waals surface area (Å²) in [5.74, 6) is -0.552. The molecule has 0 atom stereocenters. The van der Waals surface area contributed by atoms with Gasteiger partial charge in [-0.15, -0.1) is 0 Å². The molecule has 1 heterocycles. The van der Waals surface area contributed by atoms with Crippen LogP contribution < -0.4 is 0 Å². The van der Waals surface area contributed by atoms with Crippen molar-refractivity contribution in [1.29, 1.82) is 0 Å². The van der Waals surface area contributed by atoms with Gasteiger partial charge in [-0.2, -0.15) is 0 Å². The quantitative estimate of drug-likeness (QED) is 0.403. The lowest BCUT2D eigenvalue weighted by atomic mass is 10.1. The fraction of sp³-hybridized carbons (Fsp3) is 0.167. The van der Waals surface area contributed by atoms with Crippen LogP contribution in [0.25, 0.3) is 11.0 Å². The number of nitro benzene ring substituents is 1. The first-order valence-electron chi connectivity index (χ1n) is 7.65. The average Bonchev–Trinajstić information content (AvgIpc) is 2.60. The zero-order chi connectivity index (χ0) is 17.8. The zero-order valence-corrected chi connectivity index (χ0v) is 13.5. The van der Waals surface area contributed by atoms with Crippen molar-refractivity contribution < 1.29 is 14.5 Å². The van der Waals surface area contributed by atoms with Crippen LogP contribution in [0.15, 0.2) is 48.5 Å². The van der Waals surface area contributed by atoms with Crippen molar-refractivity contribution in [3.8, 4) is 0 Å². The van der Waals surface area contributed by atoms with E-state index in [1.807, 2.05) is 24.3 Å². The Bertz CT molecular complexity index is 956. The molecule has 3 aromatic rings. The summed E-state index contributed by atoms with van der Waals surface area (Å²) in [6.07, 6.45) is -0.169. The number of para-hydroxylation sites is 3. The molecule has 7 nitrogen and oxygen atoms in total. The molecule has 0 amide bonds. The van der Waals surface area contributed by atoms with Crippen molar-refractivity contribution in [3.63, 3.8) is 0 Å². The Morgan fingerprint density at radius 3 is 2.44 bits per heavy atom. The number of fused-ring (bicyclic) bond motifs is 1. The number of carbonyl (C=O) groups is 1. The molecule has 0 unspecified atom stereocenters. The van der Waals surface area contributed by atoms with Crippen LogP contribution in [-0.4, -0.2) is 20.9 Å². The Labute approximate surface area is 143 Å². The summed E-state index contributed by atoms with van der Waals surface area (Å²) in [5, 5.41) is 11.0. The SMILES string of the molecule is Cc1nc2ccccc2nc1COC(=O)Cc1ccccc1[N+](=O)[O-]. The Hall–Kier alpha value is -3.35. The van der Waals surface area contributed by atoms with E-state index in [2.05, 4.69) is 9.97 Å². The third-order valence-corrected chi connectivity index (χ3v) is 3.74. The van der Waals surface area contributed by atoms with Crippen molar-refractivity contribution in [1.82, 2.24) is 9.97 Å². The number of hydrogen-bond acceptors (Lipinski definition) is 6. The fourth-order valence-electron chi connectivity index (χ4n) is 2.46. The molecule has 0 saturated heterocycles. The zero-order valence-electron chi connectivity index (χ0n) is 13.5. The van der Waals surface area contributed by atoms with Gasteiger partial charge in [-0.05, 0) is 19.1 Å². The molecule has 0 N–H and O–H groups in total. The van der Waals surface area contributed by atoms with Gasteiger partial charge in [-0.25, -0.2) is 9.97 Å². The van der Waals surface area contributed by atoms with Crippen LogP contribution in [0, 0.1) is 17.0 Å².